The minimum absolute atomic E-state index is 0. The van der Waals surface area contributed by atoms with E-state index in [1.807, 2.05) is 3.33 Å². The van der Waals surface area contributed by atoms with E-state index >= 15 is 0 Å². The molecule has 0 saturated heterocycles. The average Bonchev–Trinajstić information content (AvgIpc) is 3.08. The van der Waals surface area contributed by atoms with Gasteiger partial charge in [0.25, 0.3) is 0 Å². The molecule has 4 heteroatoms. The molecule has 0 aliphatic heterocycles. The Bertz CT molecular complexity index is 620. The van der Waals surface area contributed by atoms with Crippen LogP contribution >= 0.6 is 0 Å². The molecule has 0 saturated carbocycles. The Labute approximate surface area is 162 Å². The van der Waals surface area contributed by atoms with Gasteiger partial charge in [0.05, 0.1) is 0 Å². The van der Waals surface area contributed by atoms with E-state index in [1.165, 1.54) is 24.8 Å². The molecule has 2 aliphatic carbocycles. The van der Waals surface area contributed by atoms with Crippen molar-refractivity contribution in [3.63, 3.8) is 0 Å². The molecule has 0 spiro atoms. The molecule has 0 fully saturated rings. The van der Waals surface area contributed by atoms with Crippen molar-refractivity contribution in [2.45, 2.75) is 43.0 Å². The van der Waals surface area contributed by atoms with Gasteiger partial charge in [-0.3, -0.25) is 0 Å². The van der Waals surface area contributed by atoms with Gasteiger partial charge in [-0.25, -0.2) is 0 Å². The first-order valence-corrected chi connectivity index (χ1v) is 21.2. The number of benzene rings is 1. The van der Waals surface area contributed by atoms with Gasteiger partial charge in [0.2, 0.25) is 0 Å². The van der Waals surface area contributed by atoms with Gasteiger partial charge < -0.3 is 24.8 Å². The fourth-order valence-corrected chi connectivity index (χ4v) is 32.1. The topological polar surface area (TPSA) is 0 Å². The van der Waals surface area contributed by atoms with Crippen LogP contribution in [0.2, 0.25) is 13.1 Å². The minimum Gasteiger partial charge on any atom is -1.00 e. The fourth-order valence-electron chi connectivity index (χ4n) is 3.70. The van der Waals surface area contributed by atoms with Crippen molar-refractivity contribution in [1.82, 2.24) is 0 Å². The molecule has 1 aromatic carbocycles. The molecular weight excluding hydrogens is 506 g/mol. The SMILES string of the molecule is CCCC1=CC[C]([Hf+2]([CH]2C=Cc3ccccc32)[SiH](C)C)=C1.[Cl-].[Cl-]. The fraction of sp³-hybridized carbons (Fsp3) is 0.368. The Hall–Kier alpha value is 0.107. The second-order valence-electron chi connectivity index (χ2n) is 6.48. The second-order valence-corrected chi connectivity index (χ2v) is 34.1. The summed E-state index contributed by atoms with van der Waals surface area (Å²) in [7, 11) is 0. The minimum atomic E-state index is -1.72. The van der Waals surface area contributed by atoms with Crippen LogP contribution in [0.1, 0.15) is 41.0 Å². The molecule has 2 aliphatic rings. The molecule has 0 amide bonds. The summed E-state index contributed by atoms with van der Waals surface area (Å²) < 4.78 is 2.75. The van der Waals surface area contributed by atoms with E-state index in [2.05, 4.69) is 68.6 Å². The van der Waals surface area contributed by atoms with Crippen molar-refractivity contribution in [1.29, 1.82) is 0 Å². The van der Waals surface area contributed by atoms with E-state index in [-0.39, 0.29) is 24.8 Å². The molecule has 1 atom stereocenters. The molecule has 0 radical (unpaired) electrons. The summed E-state index contributed by atoms with van der Waals surface area (Å²) in [6, 6.07) is 9.09. The first-order valence-electron chi connectivity index (χ1n) is 8.24. The van der Waals surface area contributed by atoms with Crippen molar-refractivity contribution >= 4 is 12.1 Å². The van der Waals surface area contributed by atoms with Crippen molar-refractivity contribution in [2.24, 2.45) is 0 Å². The molecule has 0 bridgehead atoms. The second kappa shape index (κ2) is 9.55. The third kappa shape index (κ3) is 4.59. The number of allylic oxidation sites excluding steroid dienone is 5. The molecule has 0 nitrogen and oxygen atoms in total. The summed E-state index contributed by atoms with van der Waals surface area (Å²) >= 11 is -1.72. The number of hydrogen-bond donors (Lipinski definition) is 0. The zero-order valence-electron chi connectivity index (χ0n) is 14.2. The van der Waals surface area contributed by atoms with E-state index in [1.54, 1.807) is 11.1 Å². The molecule has 0 aromatic heterocycles. The van der Waals surface area contributed by atoms with E-state index in [4.69, 9.17) is 0 Å². The van der Waals surface area contributed by atoms with Crippen LogP contribution in [-0.2, 0) is 20.6 Å². The van der Waals surface area contributed by atoms with E-state index in [9.17, 15) is 0 Å². The molecule has 0 N–H and O–H groups in total. The number of fused-ring (bicyclic) bond motifs is 1. The summed E-state index contributed by atoms with van der Waals surface area (Å²) in [6.07, 6.45) is 13.9. The predicted octanol–water partition coefficient (Wildman–Crippen LogP) is -0.622. The zero-order valence-corrected chi connectivity index (χ0v) is 20.4. The Morgan fingerprint density at radius 2 is 1.91 bits per heavy atom. The van der Waals surface area contributed by atoms with Crippen LogP contribution in [0.15, 0.2) is 51.4 Å². The first kappa shape index (κ1) is 21.2. The van der Waals surface area contributed by atoms with Crippen molar-refractivity contribution in [3.8, 4) is 0 Å². The predicted molar refractivity (Wildman–Crippen MR) is 92.8 cm³/mol. The summed E-state index contributed by atoms with van der Waals surface area (Å²) in [6.45, 7) is 7.51. The maximum atomic E-state index is 2.62. The summed E-state index contributed by atoms with van der Waals surface area (Å²) in [5, 5.41) is 0. The molecule has 0 heterocycles. The summed E-state index contributed by atoms with van der Waals surface area (Å²) in [5.41, 5.74) is 4.76. The van der Waals surface area contributed by atoms with Gasteiger partial charge in [-0.1, -0.05) is 0 Å². The standard InChI is InChI=1S/C9H7.C8H11.C2H7Si.2ClH.Hf/c1-2-5-9-7-3-6-8(9)4-1;1-2-5-8-6-3-4-7-8;1-3-2;;;/h1-7H;6-7H,2-3,5H2,1H3;3H,1-2H3;2*1H;/q;;;;;+2/p-2. The van der Waals surface area contributed by atoms with Crippen LogP contribution in [0.3, 0.4) is 0 Å². The molecular formula is C19H25Cl2HfSi. The van der Waals surface area contributed by atoms with Gasteiger partial charge in [-0.05, 0) is 0 Å². The third-order valence-electron chi connectivity index (χ3n) is 4.61. The van der Waals surface area contributed by atoms with Crippen LogP contribution in [0.4, 0.5) is 0 Å². The average molecular weight is 531 g/mol. The molecule has 1 aromatic rings. The van der Waals surface area contributed by atoms with Gasteiger partial charge in [0, 0.05) is 0 Å². The summed E-state index contributed by atoms with van der Waals surface area (Å²) in [5.74, 6) is -0.538. The number of rotatable bonds is 5. The van der Waals surface area contributed by atoms with E-state index < -0.39 is 26.6 Å². The number of hydrogen-bond acceptors (Lipinski definition) is 0. The van der Waals surface area contributed by atoms with Crippen LogP contribution in [0.5, 0.6) is 0 Å². The van der Waals surface area contributed by atoms with Gasteiger partial charge in [-0.2, -0.15) is 0 Å². The quantitative estimate of drug-likeness (QED) is 0.445. The van der Waals surface area contributed by atoms with E-state index in [0.717, 1.165) is 3.67 Å². The maximum absolute atomic E-state index is 2.62. The smallest absolute Gasteiger partial charge is 1.00 e. The van der Waals surface area contributed by atoms with Crippen molar-refractivity contribution < 1.29 is 45.4 Å². The Morgan fingerprint density at radius 3 is 2.61 bits per heavy atom. The van der Waals surface area contributed by atoms with Crippen LogP contribution in [0.25, 0.3) is 6.08 Å². The largest absolute Gasteiger partial charge is 1.00 e. The van der Waals surface area contributed by atoms with Gasteiger partial charge in [0.15, 0.2) is 0 Å². The van der Waals surface area contributed by atoms with Gasteiger partial charge in [0.1, 0.15) is 0 Å². The number of halogens is 2. The van der Waals surface area contributed by atoms with Gasteiger partial charge in [-0.15, -0.1) is 0 Å². The third-order valence-corrected chi connectivity index (χ3v) is 33.4. The summed E-state index contributed by atoms with van der Waals surface area (Å²) in [4.78, 5) is 0. The normalized spacial score (nSPS) is 18.0. The van der Waals surface area contributed by atoms with Crippen molar-refractivity contribution in [2.75, 3.05) is 0 Å². The van der Waals surface area contributed by atoms with Crippen LogP contribution in [-0.4, -0.2) is 5.98 Å². The van der Waals surface area contributed by atoms with E-state index in [0.29, 0.717) is 0 Å². The first-order chi connectivity index (χ1) is 10.2. The van der Waals surface area contributed by atoms with Crippen LogP contribution in [0, 0.1) is 0 Å². The van der Waals surface area contributed by atoms with Crippen LogP contribution < -0.4 is 24.8 Å². The monoisotopic (exact) mass is 531 g/mol. The zero-order chi connectivity index (χ0) is 14.8. The Kier molecular flexibility index (Phi) is 8.79. The Morgan fingerprint density at radius 1 is 1.17 bits per heavy atom. The molecule has 123 valence electrons. The molecule has 1 unspecified atom stereocenters. The molecule has 3 rings (SSSR count). The Balaban J connectivity index is 0.00000132. The molecule has 23 heavy (non-hydrogen) atoms. The maximum Gasteiger partial charge on any atom is -1.00 e. The van der Waals surface area contributed by atoms with Crippen molar-refractivity contribution in [3.05, 3.63) is 62.5 Å². The van der Waals surface area contributed by atoms with Gasteiger partial charge >= 0.3 is 138 Å².